The molecule has 0 aliphatic carbocycles. The molecule has 1 unspecified atom stereocenters. The van der Waals surface area contributed by atoms with Gasteiger partial charge in [-0.25, -0.2) is 4.67 Å². The first-order chi connectivity index (χ1) is 7.58. The van der Waals surface area contributed by atoms with E-state index in [-0.39, 0.29) is 37.7 Å². The molecular formula is C9H14ClN2O3P. The number of halogens is 1. The van der Waals surface area contributed by atoms with Gasteiger partial charge in [-0.05, 0) is 11.2 Å². The van der Waals surface area contributed by atoms with Crippen LogP contribution in [0.4, 0.5) is 0 Å². The van der Waals surface area contributed by atoms with Gasteiger partial charge in [0, 0.05) is 12.8 Å². The molecule has 0 saturated heterocycles. The summed E-state index contributed by atoms with van der Waals surface area (Å²) in [5.41, 5.74) is 0. The highest BCUT2D eigenvalue weighted by atomic mass is 35.7. The van der Waals surface area contributed by atoms with Crippen molar-refractivity contribution in [3.63, 3.8) is 0 Å². The molecular weight excluding hydrogens is 251 g/mol. The van der Waals surface area contributed by atoms with Crippen LogP contribution in [0.15, 0.2) is 0 Å². The average Bonchev–Trinajstić information content (AvgIpc) is 2.29. The Hall–Kier alpha value is -0.690. The van der Waals surface area contributed by atoms with Crippen LogP contribution >= 0.6 is 18.9 Å². The molecule has 1 atom stereocenters. The quantitative estimate of drug-likeness (QED) is 0.546. The van der Waals surface area contributed by atoms with Crippen molar-refractivity contribution in [2.45, 2.75) is 33.1 Å². The van der Waals surface area contributed by atoms with Crippen molar-refractivity contribution in [3.05, 3.63) is 0 Å². The Kier molecular flexibility index (Phi) is 8.10. The molecule has 0 rings (SSSR count). The van der Waals surface area contributed by atoms with Crippen LogP contribution < -0.4 is 0 Å². The number of nitriles is 1. The number of amides is 2. The molecule has 0 N–H and O–H groups in total. The summed E-state index contributed by atoms with van der Waals surface area (Å²) < 4.78 is 6.04. The molecule has 0 fully saturated rings. The number of rotatable bonds is 6. The molecule has 0 aromatic carbocycles. The molecule has 2 amide bonds. The molecule has 0 saturated carbocycles. The summed E-state index contributed by atoms with van der Waals surface area (Å²) >= 11 is 5.85. The molecule has 90 valence electrons. The molecule has 0 aromatic heterocycles. The van der Waals surface area contributed by atoms with Crippen LogP contribution in [0.1, 0.15) is 33.1 Å². The van der Waals surface area contributed by atoms with Gasteiger partial charge in [0.1, 0.15) is 0 Å². The Morgan fingerprint density at radius 2 is 1.88 bits per heavy atom. The zero-order chi connectivity index (χ0) is 12.6. The largest absolute Gasteiger partial charge is 0.326 e. The van der Waals surface area contributed by atoms with E-state index in [0.29, 0.717) is 0 Å². The van der Waals surface area contributed by atoms with Crippen LogP contribution in [-0.2, 0) is 14.1 Å². The topological polar surface area (TPSA) is 70.4 Å². The first-order valence-electron chi connectivity index (χ1n) is 4.89. The van der Waals surface area contributed by atoms with Gasteiger partial charge in [-0.2, -0.15) is 5.26 Å². The summed E-state index contributed by atoms with van der Waals surface area (Å²) in [6.45, 7) is 3.41. The minimum Gasteiger partial charge on any atom is -0.326 e. The van der Waals surface area contributed by atoms with Gasteiger partial charge in [0.25, 0.3) is 0 Å². The van der Waals surface area contributed by atoms with E-state index in [1.807, 2.05) is 6.07 Å². The van der Waals surface area contributed by atoms with Crippen LogP contribution in [-0.4, -0.2) is 23.1 Å². The van der Waals surface area contributed by atoms with Crippen molar-refractivity contribution >= 4 is 30.7 Å². The lowest BCUT2D eigenvalue weighted by molar-refractivity contribution is -0.138. The molecule has 16 heavy (non-hydrogen) atoms. The fourth-order valence-corrected chi connectivity index (χ4v) is 2.54. The van der Waals surface area contributed by atoms with Crippen LogP contribution in [0.3, 0.4) is 0 Å². The van der Waals surface area contributed by atoms with Crippen molar-refractivity contribution in [3.8, 4) is 6.07 Å². The molecule has 0 radical (unpaired) electrons. The van der Waals surface area contributed by atoms with Crippen molar-refractivity contribution in [1.82, 2.24) is 4.67 Å². The predicted octanol–water partition coefficient (Wildman–Crippen LogP) is 2.56. The van der Waals surface area contributed by atoms with Crippen LogP contribution in [0.5, 0.6) is 0 Å². The first kappa shape index (κ1) is 15.3. The third kappa shape index (κ3) is 4.89. The van der Waals surface area contributed by atoms with Gasteiger partial charge in [-0.15, -0.1) is 0 Å². The lowest BCUT2D eigenvalue weighted by atomic mass is 10.4. The van der Waals surface area contributed by atoms with Crippen molar-refractivity contribution in [1.29, 1.82) is 5.26 Å². The standard InChI is InChI=1S/C9H14ClN2O3P/c1-3-8(13)12(9(14)4-2)16(10)15-7-5-6-11/h3-5,7H2,1-2H3. The molecule has 5 nitrogen and oxygen atoms in total. The SMILES string of the molecule is CCC(=O)N(C(=O)CC)P(Cl)OCCC#N. The Labute approximate surface area is 101 Å². The lowest BCUT2D eigenvalue weighted by Gasteiger charge is -2.23. The maximum Gasteiger partial charge on any atom is 0.245 e. The van der Waals surface area contributed by atoms with Gasteiger partial charge < -0.3 is 4.52 Å². The highest BCUT2D eigenvalue weighted by molar-refractivity contribution is 7.79. The number of imide groups is 1. The number of hydrogen-bond donors (Lipinski definition) is 0. The van der Waals surface area contributed by atoms with Crippen molar-refractivity contribution in [2.24, 2.45) is 0 Å². The minimum absolute atomic E-state index is 0.121. The van der Waals surface area contributed by atoms with E-state index in [0.717, 1.165) is 4.67 Å². The molecule has 0 aliphatic heterocycles. The minimum atomic E-state index is -1.79. The summed E-state index contributed by atoms with van der Waals surface area (Å²) in [6, 6.07) is 1.89. The number of carbonyl (C=O) groups excluding carboxylic acids is 2. The Morgan fingerprint density at radius 3 is 2.25 bits per heavy atom. The van der Waals surface area contributed by atoms with Gasteiger partial charge in [0.15, 0.2) is 0 Å². The lowest BCUT2D eigenvalue weighted by Crippen LogP contribution is -2.30. The van der Waals surface area contributed by atoms with Crippen LogP contribution in [0.2, 0.25) is 0 Å². The molecule has 0 bridgehead atoms. The second-order valence-corrected chi connectivity index (χ2v) is 4.75. The van der Waals surface area contributed by atoms with Crippen molar-refractivity contribution < 1.29 is 14.1 Å². The zero-order valence-corrected chi connectivity index (χ0v) is 10.9. The average molecular weight is 265 g/mol. The Balaban J connectivity index is 4.45. The summed E-state index contributed by atoms with van der Waals surface area (Å²) in [5.74, 6) is -0.713. The molecule has 7 heteroatoms. The molecule has 0 aromatic rings. The second-order valence-electron chi connectivity index (χ2n) is 2.77. The highest BCUT2D eigenvalue weighted by Gasteiger charge is 2.27. The van der Waals surface area contributed by atoms with E-state index in [2.05, 4.69) is 0 Å². The third-order valence-corrected chi connectivity index (χ3v) is 3.55. The normalized spacial score (nSPS) is 11.6. The van der Waals surface area contributed by atoms with Gasteiger partial charge >= 0.3 is 0 Å². The molecule has 0 spiro atoms. The maximum atomic E-state index is 11.5. The summed E-state index contributed by atoms with van der Waals surface area (Å²) in [4.78, 5) is 23.0. The van der Waals surface area contributed by atoms with E-state index in [1.165, 1.54) is 0 Å². The zero-order valence-electron chi connectivity index (χ0n) is 9.27. The van der Waals surface area contributed by atoms with E-state index in [4.69, 9.17) is 21.0 Å². The molecule has 0 heterocycles. The maximum absolute atomic E-state index is 11.5. The molecule has 0 aliphatic rings. The van der Waals surface area contributed by atoms with E-state index >= 15 is 0 Å². The predicted molar refractivity (Wildman–Crippen MR) is 61.4 cm³/mol. The van der Waals surface area contributed by atoms with E-state index in [1.54, 1.807) is 13.8 Å². The van der Waals surface area contributed by atoms with Gasteiger partial charge in [-0.3, -0.25) is 9.59 Å². The second kappa shape index (κ2) is 8.46. The van der Waals surface area contributed by atoms with E-state index in [9.17, 15) is 9.59 Å². The van der Waals surface area contributed by atoms with Gasteiger partial charge in [0.05, 0.1) is 19.1 Å². The highest BCUT2D eigenvalue weighted by Crippen LogP contribution is 2.47. The summed E-state index contributed by atoms with van der Waals surface area (Å²) in [5, 5.41) is 8.32. The third-order valence-electron chi connectivity index (χ3n) is 1.65. The Bertz CT molecular complexity index is 277. The van der Waals surface area contributed by atoms with Gasteiger partial charge in [-0.1, -0.05) is 13.8 Å². The number of carbonyl (C=O) groups is 2. The smallest absolute Gasteiger partial charge is 0.245 e. The number of nitrogens with zero attached hydrogens (tertiary/aromatic N) is 2. The van der Waals surface area contributed by atoms with Crippen LogP contribution in [0.25, 0.3) is 0 Å². The summed E-state index contributed by atoms with van der Waals surface area (Å²) in [7, 11) is -1.79. The van der Waals surface area contributed by atoms with Crippen molar-refractivity contribution in [2.75, 3.05) is 6.61 Å². The Morgan fingerprint density at radius 1 is 1.38 bits per heavy atom. The number of hydrogen-bond acceptors (Lipinski definition) is 4. The van der Waals surface area contributed by atoms with Crippen LogP contribution in [0, 0.1) is 11.3 Å². The monoisotopic (exact) mass is 264 g/mol. The van der Waals surface area contributed by atoms with E-state index < -0.39 is 7.65 Å². The summed E-state index contributed by atoms with van der Waals surface area (Å²) in [6.07, 6.45) is 0.567. The fourth-order valence-electron chi connectivity index (χ4n) is 0.838. The van der Waals surface area contributed by atoms with Gasteiger partial charge in [0.2, 0.25) is 19.5 Å². The fraction of sp³-hybridized carbons (Fsp3) is 0.667. The first-order valence-corrected chi connectivity index (χ1v) is 7.01.